The van der Waals surface area contributed by atoms with E-state index in [9.17, 15) is 4.79 Å². The van der Waals surface area contributed by atoms with E-state index in [1.54, 1.807) is 0 Å². The van der Waals surface area contributed by atoms with Crippen molar-refractivity contribution in [2.75, 3.05) is 6.61 Å². The zero-order valence-electron chi connectivity index (χ0n) is 18.3. The van der Waals surface area contributed by atoms with Gasteiger partial charge in [0.25, 0.3) is 0 Å². The van der Waals surface area contributed by atoms with Gasteiger partial charge in [0.1, 0.15) is 5.75 Å². The number of ether oxygens (including phenoxy) is 1. The molecule has 2 heteroatoms. The summed E-state index contributed by atoms with van der Waals surface area (Å²) in [4.78, 5) is 12.4. The minimum absolute atomic E-state index is 0.103. The molecule has 1 aromatic rings. The highest BCUT2D eigenvalue weighted by atomic mass is 16.5. The van der Waals surface area contributed by atoms with E-state index in [4.69, 9.17) is 4.74 Å². The first kappa shape index (κ1) is 24.2. The van der Waals surface area contributed by atoms with Crippen molar-refractivity contribution in [3.05, 3.63) is 53.6 Å². The van der Waals surface area contributed by atoms with Crippen LogP contribution in [-0.4, -0.2) is 12.4 Å². The molecule has 1 aliphatic rings. The van der Waals surface area contributed by atoms with Crippen molar-refractivity contribution in [2.24, 2.45) is 0 Å². The van der Waals surface area contributed by atoms with Crippen LogP contribution in [0.5, 0.6) is 5.75 Å². The molecule has 0 heterocycles. The molecule has 0 amide bonds. The first-order valence-electron chi connectivity index (χ1n) is 11.5. The summed E-state index contributed by atoms with van der Waals surface area (Å²) in [6, 6.07) is 7.57. The molecule has 2 nitrogen and oxygen atoms in total. The van der Waals surface area contributed by atoms with Gasteiger partial charge < -0.3 is 4.74 Å². The van der Waals surface area contributed by atoms with Crippen molar-refractivity contribution in [3.63, 3.8) is 0 Å². The van der Waals surface area contributed by atoms with E-state index in [0.717, 1.165) is 42.8 Å². The van der Waals surface area contributed by atoms with Crippen LogP contribution in [0.15, 0.2) is 48.1 Å². The Morgan fingerprint density at radius 3 is 2.04 bits per heavy atom. The van der Waals surface area contributed by atoms with E-state index < -0.39 is 0 Å². The Morgan fingerprint density at radius 1 is 0.857 bits per heavy atom. The van der Waals surface area contributed by atoms with Crippen molar-refractivity contribution in [3.8, 4) is 5.75 Å². The third-order valence-electron chi connectivity index (χ3n) is 4.89. The summed E-state index contributed by atoms with van der Waals surface area (Å²) in [7, 11) is 0. The summed E-state index contributed by atoms with van der Waals surface area (Å²) < 4.78 is 5.81. The predicted octanol–water partition coefficient (Wildman–Crippen LogP) is 8.08. The van der Waals surface area contributed by atoms with Gasteiger partial charge in [0.2, 0.25) is 0 Å². The highest BCUT2D eigenvalue weighted by Gasteiger charge is 2.11. The summed E-state index contributed by atoms with van der Waals surface area (Å²) in [6.45, 7) is 7.02. The lowest BCUT2D eigenvalue weighted by molar-refractivity contribution is 0.103. The quantitative estimate of drug-likeness (QED) is 0.254. The molecular weight excluding hydrogens is 344 g/mol. The average Bonchev–Trinajstić information content (AvgIpc) is 2.77. The number of rotatable bonds is 13. The number of hydrogen-bond acceptors (Lipinski definition) is 2. The van der Waals surface area contributed by atoms with E-state index in [1.807, 2.05) is 50.3 Å². The summed E-state index contributed by atoms with van der Waals surface area (Å²) in [6.07, 6.45) is 19.9. The number of ketones is 1. The lowest BCUT2D eigenvalue weighted by atomic mass is 9.98. The molecule has 0 bridgehead atoms. The molecule has 0 aliphatic heterocycles. The molecule has 0 radical (unpaired) electrons. The minimum atomic E-state index is 0.103. The number of carbonyl (C=O) groups excluding carboxylic acids is 1. The Morgan fingerprint density at radius 2 is 1.46 bits per heavy atom. The van der Waals surface area contributed by atoms with E-state index in [0.29, 0.717) is 0 Å². The van der Waals surface area contributed by atoms with Crippen LogP contribution in [0.1, 0.15) is 102 Å². The first-order valence-corrected chi connectivity index (χ1v) is 11.5. The van der Waals surface area contributed by atoms with Crippen LogP contribution in [-0.2, 0) is 0 Å². The van der Waals surface area contributed by atoms with Crippen LogP contribution < -0.4 is 4.74 Å². The fraction of sp³-hybridized carbons (Fsp3) is 0.577. The van der Waals surface area contributed by atoms with Crippen LogP contribution in [0.3, 0.4) is 0 Å². The van der Waals surface area contributed by atoms with E-state index in [2.05, 4.69) is 13.0 Å². The molecule has 0 atom stereocenters. The smallest absolute Gasteiger partial charge is 0.192 e. The van der Waals surface area contributed by atoms with Gasteiger partial charge in [-0.3, -0.25) is 4.79 Å². The van der Waals surface area contributed by atoms with Gasteiger partial charge in [-0.2, -0.15) is 0 Å². The Balaban J connectivity index is 0.00000190. The number of benzene rings is 1. The summed E-state index contributed by atoms with van der Waals surface area (Å²) >= 11 is 0. The van der Waals surface area contributed by atoms with Crippen LogP contribution >= 0.6 is 0 Å². The Hall–Kier alpha value is -1.83. The Bertz CT molecular complexity index is 581. The molecular formula is C26H40O2. The van der Waals surface area contributed by atoms with Gasteiger partial charge in [-0.1, -0.05) is 90.4 Å². The SMILES string of the molecule is CC.CCCCCCCCCCCOc1ccc(C(=O)C2=CCCC=C2)cc1. The molecule has 0 N–H and O–H groups in total. The zero-order chi connectivity index (χ0) is 20.5. The van der Waals surface area contributed by atoms with Crippen molar-refractivity contribution in [2.45, 2.75) is 91.4 Å². The molecule has 28 heavy (non-hydrogen) atoms. The normalized spacial score (nSPS) is 12.8. The molecule has 1 aliphatic carbocycles. The maximum absolute atomic E-state index is 12.4. The fourth-order valence-corrected chi connectivity index (χ4v) is 3.25. The van der Waals surface area contributed by atoms with E-state index in [1.165, 1.54) is 51.4 Å². The maximum Gasteiger partial charge on any atom is 0.192 e. The van der Waals surface area contributed by atoms with E-state index >= 15 is 0 Å². The highest BCUT2D eigenvalue weighted by Crippen LogP contribution is 2.19. The van der Waals surface area contributed by atoms with Gasteiger partial charge in [0, 0.05) is 11.1 Å². The second-order valence-corrected chi connectivity index (χ2v) is 7.17. The molecule has 0 unspecified atom stereocenters. The molecule has 0 spiro atoms. The number of carbonyl (C=O) groups is 1. The molecule has 0 fully saturated rings. The second kappa shape index (κ2) is 16.2. The molecule has 0 aromatic heterocycles. The monoisotopic (exact) mass is 384 g/mol. The number of allylic oxidation sites excluding steroid dienone is 4. The van der Waals surface area contributed by atoms with Crippen molar-refractivity contribution in [1.82, 2.24) is 0 Å². The predicted molar refractivity (Wildman–Crippen MR) is 121 cm³/mol. The van der Waals surface area contributed by atoms with Gasteiger partial charge in [-0.15, -0.1) is 0 Å². The van der Waals surface area contributed by atoms with Crippen LogP contribution in [0.25, 0.3) is 0 Å². The molecule has 0 saturated carbocycles. The average molecular weight is 385 g/mol. The van der Waals surface area contributed by atoms with Crippen LogP contribution in [0, 0.1) is 0 Å². The van der Waals surface area contributed by atoms with Crippen LogP contribution in [0.4, 0.5) is 0 Å². The lowest BCUT2D eigenvalue weighted by Gasteiger charge is -2.09. The summed E-state index contributed by atoms with van der Waals surface area (Å²) in [5, 5.41) is 0. The van der Waals surface area contributed by atoms with Gasteiger partial charge in [-0.05, 0) is 43.5 Å². The second-order valence-electron chi connectivity index (χ2n) is 7.17. The van der Waals surface area contributed by atoms with Gasteiger partial charge in [0.15, 0.2) is 5.78 Å². The molecule has 2 rings (SSSR count). The molecule has 1 aromatic carbocycles. The number of hydrogen-bond donors (Lipinski definition) is 0. The standard InChI is InChI=1S/C24H34O2.C2H6/c1-2-3-4-5-6-7-8-9-13-20-26-23-18-16-22(17-19-23)24(25)21-14-11-10-12-15-21;1-2/h11,14-19H,2-10,12-13,20H2,1H3;1-2H3. The first-order chi connectivity index (χ1) is 13.8. The van der Waals surface area contributed by atoms with Crippen LogP contribution in [0.2, 0.25) is 0 Å². The summed E-state index contributed by atoms with van der Waals surface area (Å²) in [5.74, 6) is 0.959. The van der Waals surface area contributed by atoms with Crippen molar-refractivity contribution < 1.29 is 9.53 Å². The minimum Gasteiger partial charge on any atom is -0.494 e. The topological polar surface area (TPSA) is 26.3 Å². The Kier molecular flexibility index (Phi) is 14.0. The molecule has 0 saturated heterocycles. The zero-order valence-corrected chi connectivity index (χ0v) is 18.3. The summed E-state index contributed by atoms with van der Waals surface area (Å²) in [5.41, 5.74) is 1.54. The van der Waals surface area contributed by atoms with Crippen molar-refractivity contribution >= 4 is 5.78 Å². The third kappa shape index (κ3) is 9.92. The number of Topliss-reactive ketones (excluding diaryl/α,β-unsaturated/α-hetero) is 1. The largest absolute Gasteiger partial charge is 0.494 e. The highest BCUT2D eigenvalue weighted by molar-refractivity contribution is 6.10. The Labute approximate surface area is 173 Å². The lowest BCUT2D eigenvalue weighted by Crippen LogP contribution is -2.03. The molecule has 156 valence electrons. The fourth-order valence-electron chi connectivity index (χ4n) is 3.25. The maximum atomic E-state index is 12.4. The van der Waals surface area contributed by atoms with Gasteiger partial charge in [-0.25, -0.2) is 0 Å². The van der Waals surface area contributed by atoms with E-state index in [-0.39, 0.29) is 5.78 Å². The third-order valence-corrected chi connectivity index (χ3v) is 4.89. The van der Waals surface area contributed by atoms with Gasteiger partial charge >= 0.3 is 0 Å². The van der Waals surface area contributed by atoms with Crippen molar-refractivity contribution in [1.29, 1.82) is 0 Å². The van der Waals surface area contributed by atoms with Gasteiger partial charge in [0.05, 0.1) is 6.61 Å². The number of unbranched alkanes of at least 4 members (excludes halogenated alkanes) is 8.